The number of nitrogens with two attached hydrogens (primary N) is 1. The first kappa shape index (κ1) is 8.29. The fourth-order valence-electron chi connectivity index (χ4n) is 1.40. The third kappa shape index (κ3) is 2.08. The maximum Gasteiger partial charge on any atom is 0.147 e. The lowest BCUT2D eigenvalue weighted by Crippen LogP contribution is -2.18. The fourth-order valence-corrected chi connectivity index (χ4v) is 1.40. The van der Waals surface area contributed by atoms with Crippen LogP contribution in [0.15, 0.2) is 12.4 Å². The average Bonchev–Trinajstić information content (AvgIpc) is 2.85. The lowest BCUT2D eigenvalue weighted by Gasteiger charge is -2.12. The van der Waals surface area contributed by atoms with Crippen LogP contribution in [-0.4, -0.2) is 16.0 Å². The molecule has 1 aromatic heterocycles. The predicted octanol–water partition coefficient (Wildman–Crippen LogP) is 1.27. The van der Waals surface area contributed by atoms with Gasteiger partial charge in [-0.25, -0.2) is 4.98 Å². The van der Waals surface area contributed by atoms with Crippen LogP contribution < -0.4 is 11.1 Å². The number of nitrogen functional groups attached to an aromatic ring is 1. The molecule has 0 amide bonds. The summed E-state index contributed by atoms with van der Waals surface area (Å²) < 4.78 is 0. The van der Waals surface area contributed by atoms with Gasteiger partial charge in [0, 0.05) is 6.04 Å². The van der Waals surface area contributed by atoms with Crippen molar-refractivity contribution in [2.75, 3.05) is 11.1 Å². The Hall–Kier alpha value is -1.32. The van der Waals surface area contributed by atoms with Crippen LogP contribution in [0.3, 0.4) is 0 Å². The third-order valence-electron chi connectivity index (χ3n) is 2.36. The molecule has 1 heterocycles. The van der Waals surface area contributed by atoms with E-state index in [1.807, 2.05) is 0 Å². The minimum absolute atomic E-state index is 0.466. The Morgan fingerprint density at radius 2 is 2.31 bits per heavy atom. The second kappa shape index (κ2) is 3.20. The maximum absolute atomic E-state index is 5.51. The molecule has 3 N–H and O–H groups in total. The second-order valence-electron chi connectivity index (χ2n) is 3.60. The highest BCUT2D eigenvalue weighted by Crippen LogP contribution is 2.33. The van der Waals surface area contributed by atoms with Gasteiger partial charge in [-0.15, -0.1) is 0 Å². The van der Waals surface area contributed by atoms with Crippen molar-refractivity contribution in [1.29, 1.82) is 0 Å². The van der Waals surface area contributed by atoms with Crippen molar-refractivity contribution in [2.24, 2.45) is 5.92 Å². The highest BCUT2D eigenvalue weighted by molar-refractivity contribution is 5.39. The Balaban J connectivity index is 2.00. The van der Waals surface area contributed by atoms with Gasteiger partial charge in [-0.3, -0.25) is 4.98 Å². The topological polar surface area (TPSA) is 63.8 Å². The van der Waals surface area contributed by atoms with E-state index in [9.17, 15) is 0 Å². The highest BCUT2D eigenvalue weighted by Gasteiger charge is 2.27. The molecule has 4 nitrogen and oxygen atoms in total. The van der Waals surface area contributed by atoms with Gasteiger partial charge in [-0.2, -0.15) is 0 Å². The van der Waals surface area contributed by atoms with Crippen molar-refractivity contribution in [1.82, 2.24) is 9.97 Å². The molecule has 1 saturated carbocycles. The first-order valence-corrected chi connectivity index (χ1v) is 4.60. The molecule has 1 aliphatic carbocycles. The van der Waals surface area contributed by atoms with E-state index in [1.54, 1.807) is 12.4 Å². The van der Waals surface area contributed by atoms with E-state index in [2.05, 4.69) is 22.2 Å². The van der Waals surface area contributed by atoms with Gasteiger partial charge in [0.1, 0.15) is 11.6 Å². The van der Waals surface area contributed by atoms with Crippen molar-refractivity contribution in [3.8, 4) is 0 Å². The standard InChI is InChI=1S/C9H14N4/c1-6(7-2-3-7)12-9-5-11-4-8(10)13-9/h4-7H,2-3H2,1H3,(H3,10,12,13). The van der Waals surface area contributed by atoms with Gasteiger partial charge in [0.25, 0.3) is 0 Å². The number of hydrogen-bond donors (Lipinski definition) is 2. The molecule has 1 fully saturated rings. The zero-order chi connectivity index (χ0) is 9.26. The first-order chi connectivity index (χ1) is 6.25. The molecule has 70 valence electrons. The fraction of sp³-hybridized carbons (Fsp3) is 0.556. The van der Waals surface area contributed by atoms with Crippen LogP contribution in [0.2, 0.25) is 0 Å². The zero-order valence-corrected chi connectivity index (χ0v) is 7.70. The van der Waals surface area contributed by atoms with Crippen LogP contribution in [0.25, 0.3) is 0 Å². The van der Waals surface area contributed by atoms with Crippen molar-refractivity contribution in [2.45, 2.75) is 25.8 Å². The lowest BCUT2D eigenvalue weighted by atomic mass is 10.2. The van der Waals surface area contributed by atoms with Gasteiger partial charge in [-0.05, 0) is 25.7 Å². The number of hydrogen-bond acceptors (Lipinski definition) is 4. The number of aromatic nitrogens is 2. The first-order valence-electron chi connectivity index (χ1n) is 4.60. The summed E-state index contributed by atoms with van der Waals surface area (Å²) in [6.45, 7) is 2.17. The summed E-state index contributed by atoms with van der Waals surface area (Å²) in [6.07, 6.45) is 5.90. The van der Waals surface area contributed by atoms with Crippen LogP contribution in [0.4, 0.5) is 11.6 Å². The maximum atomic E-state index is 5.51. The number of nitrogens with one attached hydrogen (secondary N) is 1. The molecule has 1 aromatic rings. The molecule has 1 atom stereocenters. The van der Waals surface area contributed by atoms with Crippen molar-refractivity contribution in [3.63, 3.8) is 0 Å². The van der Waals surface area contributed by atoms with E-state index in [4.69, 9.17) is 5.73 Å². The van der Waals surface area contributed by atoms with Crippen molar-refractivity contribution >= 4 is 11.6 Å². The Bertz CT molecular complexity index is 295. The van der Waals surface area contributed by atoms with E-state index >= 15 is 0 Å². The molecular formula is C9H14N4. The molecule has 1 unspecified atom stereocenters. The van der Waals surface area contributed by atoms with Gasteiger partial charge in [-0.1, -0.05) is 0 Å². The average molecular weight is 178 g/mol. The summed E-state index contributed by atoms with van der Waals surface area (Å²) in [7, 11) is 0. The minimum Gasteiger partial charge on any atom is -0.382 e. The van der Waals surface area contributed by atoms with Crippen molar-refractivity contribution in [3.05, 3.63) is 12.4 Å². The van der Waals surface area contributed by atoms with E-state index in [0.29, 0.717) is 11.9 Å². The summed E-state index contributed by atoms with van der Waals surface area (Å²) in [4.78, 5) is 8.09. The molecule has 0 spiro atoms. The summed E-state index contributed by atoms with van der Waals surface area (Å²) in [6, 6.07) is 0.483. The normalized spacial score (nSPS) is 18.2. The summed E-state index contributed by atoms with van der Waals surface area (Å²) in [5.74, 6) is 2.05. The molecule has 4 heteroatoms. The van der Waals surface area contributed by atoms with Crippen LogP contribution in [0.1, 0.15) is 19.8 Å². The molecular weight excluding hydrogens is 164 g/mol. The molecule has 0 aliphatic heterocycles. The van der Waals surface area contributed by atoms with Gasteiger partial charge >= 0.3 is 0 Å². The van der Waals surface area contributed by atoms with Crippen LogP contribution in [-0.2, 0) is 0 Å². The SMILES string of the molecule is CC(Nc1cncc(N)n1)C1CC1. The Kier molecular flexibility index (Phi) is 2.04. The van der Waals surface area contributed by atoms with Gasteiger partial charge < -0.3 is 11.1 Å². The molecule has 0 aromatic carbocycles. The van der Waals surface area contributed by atoms with E-state index in [0.717, 1.165) is 11.7 Å². The third-order valence-corrected chi connectivity index (χ3v) is 2.36. The molecule has 2 rings (SSSR count). The largest absolute Gasteiger partial charge is 0.382 e. The minimum atomic E-state index is 0.466. The molecule has 0 bridgehead atoms. The van der Waals surface area contributed by atoms with E-state index in [1.165, 1.54) is 12.8 Å². The van der Waals surface area contributed by atoms with E-state index < -0.39 is 0 Å². The number of anilines is 2. The van der Waals surface area contributed by atoms with E-state index in [-0.39, 0.29) is 0 Å². The number of nitrogens with zero attached hydrogens (tertiary/aromatic N) is 2. The van der Waals surface area contributed by atoms with Gasteiger partial charge in [0.2, 0.25) is 0 Å². The molecule has 0 radical (unpaired) electrons. The summed E-state index contributed by atoms with van der Waals surface area (Å²) >= 11 is 0. The van der Waals surface area contributed by atoms with Gasteiger partial charge in [0.15, 0.2) is 0 Å². The molecule has 1 aliphatic rings. The van der Waals surface area contributed by atoms with Crippen LogP contribution in [0, 0.1) is 5.92 Å². The molecule has 0 saturated heterocycles. The van der Waals surface area contributed by atoms with Crippen LogP contribution >= 0.6 is 0 Å². The molecule has 13 heavy (non-hydrogen) atoms. The van der Waals surface area contributed by atoms with Crippen molar-refractivity contribution < 1.29 is 0 Å². The predicted molar refractivity (Wildman–Crippen MR) is 52.3 cm³/mol. The Labute approximate surface area is 77.6 Å². The summed E-state index contributed by atoms with van der Waals surface area (Å²) in [5, 5.41) is 3.29. The zero-order valence-electron chi connectivity index (χ0n) is 7.70. The lowest BCUT2D eigenvalue weighted by molar-refractivity contribution is 0.690. The second-order valence-corrected chi connectivity index (χ2v) is 3.60. The van der Waals surface area contributed by atoms with Crippen LogP contribution in [0.5, 0.6) is 0 Å². The van der Waals surface area contributed by atoms with Gasteiger partial charge in [0.05, 0.1) is 12.4 Å². The highest BCUT2D eigenvalue weighted by atomic mass is 15.1. The summed E-state index contributed by atoms with van der Waals surface area (Å²) in [5.41, 5.74) is 5.51. The Morgan fingerprint density at radius 3 is 2.92 bits per heavy atom. The number of rotatable bonds is 3. The monoisotopic (exact) mass is 178 g/mol. The quantitative estimate of drug-likeness (QED) is 0.731. The smallest absolute Gasteiger partial charge is 0.147 e. The Morgan fingerprint density at radius 1 is 1.54 bits per heavy atom.